The van der Waals surface area contributed by atoms with Crippen molar-refractivity contribution in [1.29, 1.82) is 0 Å². The van der Waals surface area contributed by atoms with E-state index in [1.165, 1.54) is 12.1 Å². The number of hydroxylamine groups is 1. The number of phenols is 1. The van der Waals surface area contributed by atoms with Gasteiger partial charge in [-0.15, -0.1) is 11.6 Å². The average molecular weight is 627 g/mol. The number of aromatic hydroxyl groups is 1. The summed E-state index contributed by atoms with van der Waals surface area (Å²) in [7, 11) is 0. The lowest BCUT2D eigenvalue weighted by Crippen LogP contribution is -2.38. The summed E-state index contributed by atoms with van der Waals surface area (Å²) in [5.41, 5.74) is 1.54. The third-order valence-electron chi connectivity index (χ3n) is 7.36. The van der Waals surface area contributed by atoms with Crippen LogP contribution in [0.3, 0.4) is 0 Å². The number of fused-ring (bicyclic) bond motifs is 2. The summed E-state index contributed by atoms with van der Waals surface area (Å²) >= 11 is 5.66. The van der Waals surface area contributed by atoms with E-state index in [0.29, 0.717) is 55.5 Å². The standard InChI is InChI=1S/C33H39ClN2O8/c1-24-8-4-5-9-27(24)33(43-23-37)28-12-10-25(20-30(28)44-31-21-26(38)11-13-29(31)33)36(40)22-32(39)35-15-17-42-19-18-41-16-7-3-2-6-14-34/h4-5,8-13,20-21,23,38,40H,2-3,6-7,14-19,22H2,1H3,(H,35,39). The summed E-state index contributed by atoms with van der Waals surface area (Å²) in [6.45, 7) is 4.16. The number of unbranched alkanes of at least 4 members (excludes halogenated alkanes) is 3. The number of nitrogens with one attached hydrogen (secondary N) is 1. The van der Waals surface area contributed by atoms with Crippen molar-refractivity contribution in [2.45, 2.75) is 38.2 Å². The molecule has 0 radical (unpaired) electrons. The fourth-order valence-corrected chi connectivity index (χ4v) is 5.43. The first kappa shape index (κ1) is 33.1. The van der Waals surface area contributed by atoms with Crippen molar-refractivity contribution in [2.24, 2.45) is 0 Å². The maximum absolute atomic E-state index is 12.5. The van der Waals surface area contributed by atoms with Crippen molar-refractivity contribution in [3.05, 3.63) is 82.9 Å². The van der Waals surface area contributed by atoms with Crippen LogP contribution in [0.1, 0.15) is 47.9 Å². The second kappa shape index (κ2) is 16.3. The molecule has 0 saturated heterocycles. The van der Waals surface area contributed by atoms with Gasteiger partial charge >= 0.3 is 0 Å². The molecule has 3 aromatic carbocycles. The maximum atomic E-state index is 12.5. The summed E-state index contributed by atoms with van der Waals surface area (Å²) in [4.78, 5) is 24.4. The highest BCUT2D eigenvalue weighted by molar-refractivity contribution is 6.17. The molecule has 3 aromatic rings. The number of ether oxygens (including phenoxy) is 4. The van der Waals surface area contributed by atoms with Gasteiger partial charge in [0.2, 0.25) is 5.91 Å². The third kappa shape index (κ3) is 8.00. The van der Waals surface area contributed by atoms with E-state index >= 15 is 0 Å². The molecule has 11 heteroatoms. The molecule has 0 aromatic heterocycles. The molecule has 1 unspecified atom stereocenters. The zero-order valence-electron chi connectivity index (χ0n) is 24.8. The molecule has 0 saturated carbocycles. The molecule has 0 bridgehead atoms. The number of anilines is 1. The Bertz CT molecular complexity index is 1400. The summed E-state index contributed by atoms with van der Waals surface area (Å²) in [5, 5.41) is 24.5. The number of alkyl halides is 1. The first-order valence-corrected chi connectivity index (χ1v) is 15.2. The van der Waals surface area contributed by atoms with E-state index in [1.54, 1.807) is 24.3 Å². The molecule has 1 atom stereocenters. The van der Waals surface area contributed by atoms with Crippen LogP contribution >= 0.6 is 11.6 Å². The Morgan fingerprint density at radius 1 is 0.932 bits per heavy atom. The molecule has 44 heavy (non-hydrogen) atoms. The molecule has 0 spiro atoms. The molecule has 4 rings (SSSR count). The van der Waals surface area contributed by atoms with E-state index in [4.69, 9.17) is 30.5 Å². The van der Waals surface area contributed by atoms with Crippen molar-refractivity contribution in [3.8, 4) is 17.2 Å². The zero-order chi connectivity index (χ0) is 31.4. The van der Waals surface area contributed by atoms with Gasteiger partial charge in [0.25, 0.3) is 6.47 Å². The number of hydrogen-bond donors (Lipinski definition) is 3. The molecule has 1 aliphatic rings. The van der Waals surface area contributed by atoms with E-state index in [9.17, 15) is 19.9 Å². The van der Waals surface area contributed by atoms with Crippen molar-refractivity contribution >= 4 is 29.7 Å². The molecular formula is C33H39ClN2O8. The lowest BCUT2D eigenvalue weighted by molar-refractivity contribution is -0.137. The Labute approximate surface area is 262 Å². The number of nitrogens with zero attached hydrogens (tertiary/aromatic N) is 1. The number of benzene rings is 3. The van der Waals surface area contributed by atoms with E-state index in [2.05, 4.69) is 5.32 Å². The zero-order valence-corrected chi connectivity index (χ0v) is 25.6. The van der Waals surface area contributed by atoms with Gasteiger partial charge in [-0.2, -0.15) is 0 Å². The molecule has 1 heterocycles. The second-order valence-corrected chi connectivity index (χ2v) is 10.8. The molecule has 0 aliphatic carbocycles. The highest BCUT2D eigenvalue weighted by Crippen LogP contribution is 2.54. The number of amides is 1. The minimum Gasteiger partial charge on any atom is -0.508 e. The Balaban J connectivity index is 1.37. The quantitative estimate of drug-likeness (QED) is 0.0734. The van der Waals surface area contributed by atoms with Crippen LogP contribution in [0.2, 0.25) is 0 Å². The minimum absolute atomic E-state index is 0.0288. The third-order valence-corrected chi connectivity index (χ3v) is 7.63. The topological polar surface area (TPSA) is 127 Å². The van der Waals surface area contributed by atoms with Crippen LogP contribution in [0.5, 0.6) is 17.2 Å². The predicted octanol–water partition coefficient (Wildman–Crippen LogP) is 5.42. The number of aryl methyl sites for hydroxylation is 1. The molecule has 10 nitrogen and oxygen atoms in total. The van der Waals surface area contributed by atoms with E-state index in [-0.39, 0.29) is 36.0 Å². The van der Waals surface area contributed by atoms with Crippen LogP contribution in [0, 0.1) is 6.92 Å². The highest BCUT2D eigenvalue weighted by atomic mass is 35.5. The molecule has 1 aliphatic heterocycles. The normalized spacial score (nSPS) is 15.1. The van der Waals surface area contributed by atoms with Crippen molar-refractivity contribution in [1.82, 2.24) is 5.32 Å². The van der Waals surface area contributed by atoms with Crippen LogP contribution in [-0.4, -0.2) is 68.1 Å². The summed E-state index contributed by atoms with van der Waals surface area (Å²) in [6.07, 6.45) is 4.24. The highest BCUT2D eigenvalue weighted by Gasteiger charge is 2.47. The fourth-order valence-electron chi connectivity index (χ4n) is 5.24. The van der Waals surface area contributed by atoms with Crippen LogP contribution in [0.15, 0.2) is 60.7 Å². The van der Waals surface area contributed by atoms with Crippen LogP contribution < -0.4 is 15.1 Å². The van der Waals surface area contributed by atoms with Crippen molar-refractivity contribution < 1.29 is 38.9 Å². The smallest absolute Gasteiger partial charge is 0.294 e. The average Bonchev–Trinajstić information content (AvgIpc) is 3.01. The van der Waals surface area contributed by atoms with E-state index < -0.39 is 11.5 Å². The monoisotopic (exact) mass is 626 g/mol. The fraction of sp³-hybridized carbons (Fsp3) is 0.394. The van der Waals surface area contributed by atoms with Gasteiger partial charge in [0.1, 0.15) is 23.8 Å². The van der Waals surface area contributed by atoms with Gasteiger partial charge in [-0.25, -0.2) is 5.06 Å². The van der Waals surface area contributed by atoms with Gasteiger partial charge < -0.3 is 29.4 Å². The van der Waals surface area contributed by atoms with E-state index in [0.717, 1.165) is 36.3 Å². The molecule has 0 fully saturated rings. The minimum atomic E-state index is -1.38. The Hall–Kier alpha value is -3.83. The van der Waals surface area contributed by atoms with Gasteiger partial charge in [-0.1, -0.05) is 37.1 Å². The number of hydrogen-bond acceptors (Lipinski definition) is 9. The largest absolute Gasteiger partial charge is 0.508 e. The van der Waals surface area contributed by atoms with Gasteiger partial charge in [0, 0.05) is 47.9 Å². The number of rotatable bonds is 18. The predicted molar refractivity (Wildman–Crippen MR) is 166 cm³/mol. The number of carbonyl (C=O) groups excluding carboxylic acids is 2. The molecule has 1 amide bonds. The molecule has 236 valence electrons. The lowest BCUT2D eigenvalue weighted by atomic mass is 9.76. The first-order valence-electron chi connectivity index (χ1n) is 14.7. The van der Waals surface area contributed by atoms with Gasteiger partial charge in [-0.05, 0) is 49.6 Å². The number of halogens is 1. The number of phenolic OH excluding ortho intramolecular Hbond substituents is 1. The molecular weight excluding hydrogens is 588 g/mol. The lowest BCUT2D eigenvalue weighted by Gasteiger charge is -2.40. The first-order chi connectivity index (χ1) is 21.4. The van der Waals surface area contributed by atoms with Gasteiger partial charge in [0.05, 0.1) is 25.5 Å². The second-order valence-electron chi connectivity index (χ2n) is 10.4. The van der Waals surface area contributed by atoms with Crippen LogP contribution in [-0.2, 0) is 29.4 Å². The Kier molecular flexibility index (Phi) is 12.3. The molecule has 3 N–H and O–H groups in total. The summed E-state index contributed by atoms with van der Waals surface area (Å²) in [6, 6.07) is 17.0. The van der Waals surface area contributed by atoms with Crippen molar-refractivity contribution in [3.63, 3.8) is 0 Å². The van der Waals surface area contributed by atoms with Gasteiger partial charge in [0.15, 0.2) is 5.60 Å². The SMILES string of the molecule is Cc1ccccc1C1(OC=O)c2ccc(O)cc2Oc2cc(N(O)CC(=O)NCCOCCOCCCCCCCl)ccc21. The Morgan fingerprint density at radius 2 is 1.64 bits per heavy atom. The summed E-state index contributed by atoms with van der Waals surface area (Å²) in [5.74, 6) is 0.836. The van der Waals surface area contributed by atoms with Crippen molar-refractivity contribution in [2.75, 3.05) is 50.5 Å². The van der Waals surface area contributed by atoms with Gasteiger partial charge in [-0.3, -0.25) is 14.8 Å². The summed E-state index contributed by atoms with van der Waals surface area (Å²) < 4.78 is 23.1. The van der Waals surface area contributed by atoms with E-state index in [1.807, 2.05) is 31.2 Å². The maximum Gasteiger partial charge on any atom is 0.294 e. The van der Waals surface area contributed by atoms with Crippen LogP contribution in [0.25, 0.3) is 0 Å². The number of carbonyl (C=O) groups is 2. The van der Waals surface area contributed by atoms with Crippen LogP contribution in [0.4, 0.5) is 5.69 Å². The Morgan fingerprint density at radius 3 is 2.39 bits per heavy atom.